The monoisotopic (exact) mass is 264 g/mol. The number of hydrogen-bond acceptors (Lipinski definition) is 4. The lowest BCUT2D eigenvalue weighted by Crippen LogP contribution is -2.41. The molecule has 1 aliphatic heterocycles. The molecular formula is C14H20N2O3. The maximum absolute atomic E-state index is 11.7. The van der Waals surface area contributed by atoms with Gasteiger partial charge in [-0.1, -0.05) is 6.07 Å². The molecule has 0 saturated heterocycles. The zero-order valence-corrected chi connectivity index (χ0v) is 11.8. The SMILES string of the molecule is COc1ccc2c(c1)CN(NC(=O)OC(C)(C)C)C2. The van der Waals surface area contributed by atoms with Gasteiger partial charge < -0.3 is 9.47 Å². The predicted molar refractivity (Wildman–Crippen MR) is 71.6 cm³/mol. The van der Waals surface area contributed by atoms with Gasteiger partial charge in [0.15, 0.2) is 0 Å². The number of carbonyl (C=O) groups is 1. The van der Waals surface area contributed by atoms with Crippen molar-refractivity contribution < 1.29 is 14.3 Å². The number of fused-ring (bicyclic) bond motifs is 1. The fraction of sp³-hybridized carbons (Fsp3) is 0.500. The van der Waals surface area contributed by atoms with Crippen LogP contribution >= 0.6 is 0 Å². The van der Waals surface area contributed by atoms with Crippen LogP contribution in [0.4, 0.5) is 4.79 Å². The molecule has 0 spiro atoms. The second kappa shape index (κ2) is 5.09. The molecule has 0 saturated carbocycles. The fourth-order valence-electron chi connectivity index (χ4n) is 2.01. The molecule has 0 aromatic heterocycles. The number of benzene rings is 1. The standard InChI is InChI=1S/C14H20N2O3/c1-14(2,3)19-13(17)15-16-8-10-5-6-12(18-4)7-11(10)9-16/h5-7H,8-9H2,1-4H3,(H,15,17). The van der Waals surface area contributed by atoms with Gasteiger partial charge >= 0.3 is 6.09 Å². The first kappa shape index (κ1) is 13.7. The lowest BCUT2D eigenvalue weighted by molar-refractivity contribution is 0.0323. The van der Waals surface area contributed by atoms with E-state index >= 15 is 0 Å². The second-order valence-corrected chi connectivity index (χ2v) is 5.60. The largest absolute Gasteiger partial charge is 0.497 e. The Morgan fingerprint density at radius 1 is 1.26 bits per heavy atom. The van der Waals surface area contributed by atoms with Gasteiger partial charge in [-0.3, -0.25) is 5.43 Å². The lowest BCUT2D eigenvalue weighted by atomic mass is 10.1. The van der Waals surface area contributed by atoms with Crippen molar-refractivity contribution >= 4 is 6.09 Å². The van der Waals surface area contributed by atoms with Crippen LogP contribution in [0, 0.1) is 0 Å². The van der Waals surface area contributed by atoms with Gasteiger partial charge in [0.2, 0.25) is 0 Å². The van der Waals surface area contributed by atoms with Crippen molar-refractivity contribution in [3.05, 3.63) is 29.3 Å². The molecule has 0 fully saturated rings. The van der Waals surface area contributed by atoms with E-state index in [-0.39, 0.29) is 0 Å². The van der Waals surface area contributed by atoms with Gasteiger partial charge in [-0.05, 0) is 44.0 Å². The Morgan fingerprint density at radius 3 is 2.58 bits per heavy atom. The molecule has 2 rings (SSSR count). The van der Waals surface area contributed by atoms with Crippen molar-refractivity contribution in [2.75, 3.05) is 7.11 Å². The van der Waals surface area contributed by atoms with E-state index in [9.17, 15) is 4.79 Å². The summed E-state index contributed by atoms with van der Waals surface area (Å²) in [7, 11) is 1.65. The highest BCUT2D eigenvalue weighted by Crippen LogP contribution is 2.25. The minimum atomic E-state index is -0.486. The van der Waals surface area contributed by atoms with E-state index in [1.807, 2.05) is 44.0 Å². The summed E-state index contributed by atoms with van der Waals surface area (Å²) in [4.78, 5) is 11.7. The Kier molecular flexibility index (Phi) is 3.66. The molecule has 104 valence electrons. The molecule has 1 aromatic carbocycles. The molecule has 0 atom stereocenters. The van der Waals surface area contributed by atoms with Crippen molar-refractivity contribution in [1.29, 1.82) is 0 Å². The molecule has 1 aliphatic rings. The Labute approximate surface area is 113 Å². The maximum atomic E-state index is 11.7. The number of hydrogen-bond donors (Lipinski definition) is 1. The van der Waals surface area contributed by atoms with Gasteiger partial charge in [-0.15, -0.1) is 0 Å². The summed E-state index contributed by atoms with van der Waals surface area (Å²) >= 11 is 0. The van der Waals surface area contributed by atoms with Gasteiger partial charge in [0.05, 0.1) is 7.11 Å². The zero-order chi connectivity index (χ0) is 14.0. The second-order valence-electron chi connectivity index (χ2n) is 5.60. The van der Waals surface area contributed by atoms with Crippen LogP contribution in [0.1, 0.15) is 31.9 Å². The summed E-state index contributed by atoms with van der Waals surface area (Å²) in [5.41, 5.74) is 4.62. The summed E-state index contributed by atoms with van der Waals surface area (Å²) < 4.78 is 10.4. The zero-order valence-electron chi connectivity index (χ0n) is 11.8. The number of carbonyl (C=O) groups excluding carboxylic acids is 1. The maximum Gasteiger partial charge on any atom is 0.422 e. The molecule has 1 heterocycles. The average molecular weight is 264 g/mol. The number of methoxy groups -OCH3 is 1. The third-order valence-electron chi connectivity index (χ3n) is 2.78. The molecule has 0 radical (unpaired) electrons. The topological polar surface area (TPSA) is 50.8 Å². The summed E-state index contributed by atoms with van der Waals surface area (Å²) in [5.74, 6) is 0.831. The summed E-state index contributed by atoms with van der Waals surface area (Å²) in [6, 6.07) is 5.94. The molecule has 1 N–H and O–H groups in total. The van der Waals surface area contributed by atoms with Crippen molar-refractivity contribution in [1.82, 2.24) is 10.4 Å². The van der Waals surface area contributed by atoms with Gasteiger partial charge in [0.1, 0.15) is 11.4 Å². The third kappa shape index (κ3) is 3.61. The van der Waals surface area contributed by atoms with Crippen molar-refractivity contribution in [2.45, 2.75) is 39.5 Å². The van der Waals surface area contributed by atoms with Crippen molar-refractivity contribution in [3.63, 3.8) is 0 Å². The van der Waals surface area contributed by atoms with E-state index in [0.717, 1.165) is 11.3 Å². The molecule has 5 nitrogen and oxygen atoms in total. The number of amides is 1. The molecule has 1 amide bonds. The quantitative estimate of drug-likeness (QED) is 0.891. The highest BCUT2D eigenvalue weighted by Gasteiger charge is 2.23. The van der Waals surface area contributed by atoms with E-state index in [1.165, 1.54) is 5.56 Å². The molecule has 1 aromatic rings. The van der Waals surface area contributed by atoms with Crippen LogP contribution in [0.15, 0.2) is 18.2 Å². The first-order valence-corrected chi connectivity index (χ1v) is 6.28. The van der Waals surface area contributed by atoms with Crippen molar-refractivity contribution in [3.8, 4) is 5.75 Å². The Hall–Kier alpha value is -1.75. The normalized spacial score (nSPS) is 14.9. The first-order chi connectivity index (χ1) is 8.87. The van der Waals surface area contributed by atoms with E-state index < -0.39 is 11.7 Å². The van der Waals surface area contributed by atoms with E-state index in [0.29, 0.717) is 13.1 Å². The van der Waals surface area contributed by atoms with E-state index in [1.54, 1.807) is 7.11 Å². The smallest absolute Gasteiger partial charge is 0.422 e. The number of hydrazine groups is 1. The van der Waals surface area contributed by atoms with Crippen LogP contribution in [0.5, 0.6) is 5.75 Å². The average Bonchev–Trinajstić information content (AvgIpc) is 2.66. The molecule has 5 heteroatoms. The van der Waals surface area contributed by atoms with Crippen LogP contribution in [-0.4, -0.2) is 23.8 Å². The van der Waals surface area contributed by atoms with Gasteiger partial charge in [0.25, 0.3) is 0 Å². The summed E-state index contributed by atoms with van der Waals surface area (Å²) in [5, 5.41) is 1.83. The van der Waals surface area contributed by atoms with Gasteiger partial charge in [0, 0.05) is 13.1 Å². The van der Waals surface area contributed by atoms with Gasteiger partial charge in [-0.2, -0.15) is 0 Å². The van der Waals surface area contributed by atoms with Crippen LogP contribution in [0.3, 0.4) is 0 Å². The van der Waals surface area contributed by atoms with Gasteiger partial charge in [-0.25, -0.2) is 9.80 Å². The number of nitrogens with one attached hydrogen (secondary N) is 1. The van der Waals surface area contributed by atoms with E-state index in [4.69, 9.17) is 9.47 Å². The summed E-state index contributed by atoms with van der Waals surface area (Å²) in [6.45, 7) is 6.87. The molecule has 0 aliphatic carbocycles. The summed E-state index contributed by atoms with van der Waals surface area (Å²) in [6.07, 6.45) is -0.424. The molecule has 19 heavy (non-hydrogen) atoms. The lowest BCUT2D eigenvalue weighted by Gasteiger charge is -2.23. The van der Waals surface area contributed by atoms with Crippen LogP contribution in [0.2, 0.25) is 0 Å². The minimum Gasteiger partial charge on any atom is -0.497 e. The Morgan fingerprint density at radius 2 is 1.95 bits per heavy atom. The fourth-order valence-corrected chi connectivity index (χ4v) is 2.01. The number of nitrogens with zero attached hydrogens (tertiary/aromatic N) is 1. The Balaban J connectivity index is 1.95. The molecule has 0 bridgehead atoms. The third-order valence-corrected chi connectivity index (χ3v) is 2.78. The number of rotatable bonds is 2. The first-order valence-electron chi connectivity index (χ1n) is 6.28. The number of ether oxygens (including phenoxy) is 2. The Bertz CT molecular complexity index is 480. The van der Waals surface area contributed by atoms with Crippen LogP contribution in [-0.2, 0) is 17.8 Å². The minimum absolute atomic E-state index is 0.424. The predicted octanol–water partition coefficient (Wildman–Crippen LogP) is 2.45. The van der Waals surface area contributed by atoms with E-state index in [2.05, 4.69) is 5.43 Å². The molecular weight excluding hydrogens is 244 g/mol. The van der Waals surface area contributed by atoms with Crippen molar-refractivity contribution in [2.24, 2.45) is 0 Å². The highest BCUT2D eigenvalue weighted by atomic mass is 16.6. The molecule has 0 unspecified atom stereocenters. The van der Waals surface area contributed by atoms with Crippen LogP contribution in [0.25, 0.3) is 0 Å². The van der Waals surface area contributed by atoms with Crippen LogP contribution < -0.4 is 10.2 Å². The highest BCUT2D eigenvalue weighted by molar-refractivity contribution is 5.67.